The molecule has 4 rings (SSSR count). The van der Waals surface area contributed by atoms with Gasteiger partial charge in [-0.2, -0.15) is 0 Å². The van der Waals surface area contributed by atoms with Crippen LogP contribution in [0.15, 0.2) is 84.4 Å². The van der Waals surface area contributed by atoms with E-state index in [1.165, 1.54) is 0 Å². The lowest BCUT2D eigenvalue weighted by molar-refractivity contribution is 0.0963. The lowest BCUT2D eigenvalue weighted by Gasteiger charge is -2.28. The summed E-state index contributed by atoms with van der Waals surface area (Å²) >= 11 is 0. The van der Waals surface area contributed by atoms with Crippen molar-refractivity contribution >= 4 is 11.9 Å². The van der Waals surface area contributed by atoms with Gasteiger partial charge in [0, 0.05) is 5.57 Å². The molecule has 0 aromatic heterocycles. The van der Waals surface area contributed by atoms with Crippen molar-refractivity contribution in [3.63, 3.8) is 0 Å². The van der Waals surface area contributed by atoms with Crippen LogP contribution in [-0.2, 0) is 0 Å². The van der Waals surface area contributed by atoms with Crippen LogP contribution >= 0.6 is 0 Å². The Morgan fingerprint density at radius 3 is 2.31 bits per heavy atom. The fraction of sp³-hybridized carbons (Fsp3) is 0.0870. The summed E-state index contributed by atoms with van der Waals surface area (Å²) in [5.41, 5.74) is 3.10. The highest BCUT2D eigenvalue weighted by Crippen LogP contribution is 2.39. The summed E-state index contributed by atoms with van der Waals surface area (Å²) in [6.45, 7) is 0. The first-order valence-electron chi connectivity index (χ1n) is 8.47. The van der Waals surface area contributed by atoms with E-state index in [1.807, 2.05) is 78.9 Å². The van der Waals surface area contributed by atoms with E-state index in [4.69, 9.17) is 9.47 Å². The molecule has 0 N–H and O–H groups in total. The molecule has 0 amide bonds. The standard InChI is InChI=1S/C23H18O3/c1-25-18-13-11-16(12-14-18)15-20-22(24)19-9-5-6-10-21(19)26-23(20)17-7-3-2-4-8-17/h2-15,23H,1H3/b20-15-/t23-/m1/s1. The fourth-order valence-electron chi connectivity index (χ4n) is 3.12. The van der Waals surface area contributed by atoms with Gasteiger partial charge in [-0.15, -0.1) is 0 Å². The predicted molar refractivity (Wildman–Crippen MR) is 102 cm³/mol. The number of benzene rings is 3. The number of carbonyl (C=O) groups excluding carboxylic acids is 1. The summed E-state index contributed by atoms with van der Waals surface area (Å²) in [6, 6.07) is 24.8. The molecule has 0 bridgehead atoms. The number of carbonyl (C=O) groups is 1. The third-order valence-electron chi connectivity index (χ3n) is 4.46. The van der Waals surface area contributed by atoms with Crippen LogP contribution in [0.1, 0.15) is 27.6 Å². The molecule has 1 atom stereocenters. The van der Waals surface area contributed by atoms with Crippen molar-refractivity contribution in [1.29, 1.82) is 0 Å². The maximum Gasteiger partial charge on any atom is 0.196 e. The van der Waals surface area contributed by atoms with Crippen LogP contribution in [0.4, 0.5) is 0 Å². The minimum absolute atomic E-state index is 0.00322. The van der Waals surface area contributed by atoms with Gasteiger partial charge in [-0.05, 0) is 41.5 Å². The van der Waals surface area contributed by atoms with Gasteiger partial charge in [0.15, 0.2) is 11.9 Å². The van der Waals surface area contributed by atoms with Gasteiger partial charge in [0.05, 0.1) is 12.7 Å². The zero-order valence-electron chi connectivity index (χ0n) is 14.4. The number of fused-ring (bicyclic) bond motifs is 1. The molecule has 128 valence electrons. The van der Waals surface area contributed by atoms with Gasteiger partial charge in [0.25, 0.3) is 0 Å². The van der Waals surface area contributed by atoms with Crippen molar-refractivity contribution in [2.45, 2.75) is 6.10 Å². The first kappa shape index (κ1) is 16.2. The van der Waals surface area contributed by atoms with Crippen molar-refractivity contribution in [3.05, 3.63) is 101 Å². The molecule has 0 saturated carbocycles. The third kappa shape index (κ3) is 3.00. The number of hydrogen-bond donors (Lipinski definition) is 0. The summed E-state index contributed by atoms with van der Waals surface area (Å²) in [4.78, 5) is 13.2. The van der Waals surface area contributed by atoms with E-state index in [0.717, 1.165) is 16.9 Å². The zero-order valence-corrected chi connectivity index (χ0v) is 14.4. The molecule has 0 aliphatic carbocycles. The van der Waals surface area contributed by atoms with Gasteiger partial charge in [-0.25, -0.2) is 0 Å². The molecule has 0 fully saturated rings. The molecule has 0 radical (unpaired) electrons. The van der Waals surface area contributed by atoms with E-state index >= 15 is 0 Å². The monoisotopic (exact) mass is 342 g/mol. The summed E-state index contributed by atoms with van der Waals surface area (Å²) in [5.74, 6) is 1.40. The first-order chi connectivity index (χ1) is 12.8. The quantitative estimate of drug-likeness (QED) is 0.622. The van der Waals surface area contributed by atoms with Crippen LogP contribution in [0.25, 0.3) is 6.08 Å². The van der Waals surface area contributed by atoms with E-state index in [1.54, 1.807) is 13.2 Å². The van der Waals surface area contributed by atoms with Crippen molar-refractivity contribution in [3.8, 4) is 11.5 Å². The van der Waals surface area contributed by atoms with Crippen LogP contribution in [0.3, 0.4) is 0 Å². The highest BCUT2D eigenvalue weighted by atomic mass is 16.5. The third-order valence-corrected chi connectivity index (χ3v) is 4.46. The number of ether oxygens (including phenoxy) is 2. The Hall–Kier alpha value is -3.33. The van der Waals surface area contributed by atoms with E-state index in [2.05, 4.69) is 0 Å². The second-order valence-corrected chi connectivity index (χ2v) is 6.11. The first-order valence-corrected chi connectivity index (χ1v) is 8.47. The molecule has 0 saturated heterocycles. The molecular formula is C23H18O3. The van der Waals surface area contributed by atoms with Crippen LogP contribution in [0, 0.1) is 0 Å². The molecule has 0 unspecified atom stereocenters. The highest BCUT2D eigenvalue weighted by Gasteiger charge is 2.32. The number of para-hydroxylation sites is 1. The van der Waals surface area contributed by atoms with E-state index in [9.17, 15) is 4.79 Å². The Morgan fingerprint density at radius 1 is 0.885 bits per heavy atom. The number of rotatable bonds is 3. The molecule has 0 spiro atoms. The molecular weight excluding hydrogens is 324 g/mol. The summed E-state index contributed by atoms with van der Waals surface area (Å²) in [7, 11) is 1.63. The van der Waals surface area contributed by atoms with E-state index < -0.39 is 6.10 Å². The maximum atomic E-state index is 13.2. The Balaban J connectivity index is 1.82. The average molecular weight is 342 g/mol. The lowest BCUT2D eigenvalue weighted by atomic mass is 9.89. The summed E-state index contributed by atoms with van der Waals surface area (Å²) in [5, 5.41) is 0. The molecule has 1 heterocycles. The van der Waals surface area contributed by atoms with E-state index in [0.29, 0.717) is 16.9 Å². The fourth-order valence-corrected chi connectivity index (χ4v) is 3.12. The minimum Gasteiger partial charge on any atom is -0.497 e. The van der Waals surface area contributed by atoms with Crippen molar-refractivity contribution in [2.24, 2.45) is 0 Å². The van der Waals surface area contributed by atoms with Crippen LogP contribution in [0.2, 0.25) is 0 Å². The SMILES string of the molecule is COc1ccc(/C=C2/C(=O)c3ccccc3O[C@@H]2c2ccccc2)cc1. The average Bonchev–Trinajstić information content (AvgIpc) is 2.71. The van der Waals surface area contributed by atoms with Crippen molar-refractivity contribution < 1.29 is 14.3 Å². The number of hydrogen-bond acceptors (Lipinski definition) is 3. The Bertz CT molecular complexity index is 956. The zero-order chi connectivity index (χ0) is 17.9. The second kappa shape index (κ2) is 6.89. The van der Waals surface area contributed by atoms with Gasteiger partial charge in [-0.3, -0.25) is 4.79 Å². The van der Waals surface area contributed by atoms with Gasteiger partial charge >= 0.3 is 0 Å². The molecule has 3 aromatic rings. The summed E-state index contributed by atoms with van der Waals surface area (Å²) in [6.07, 6.45) is 1.47. The molecule has 1 aliphatic heterocycles. The smallest absolute Gasteiger partial charge is 0.196 e. The Labute approximate surface area is 152 Å². The van der Waals surface area contributed by atoms with Crippen molar-refractivity contribution in [1.82, 2.24) is 0 Å². The molecule has 3 heteroatoms. The maximum absolute atomic E-state index is 13.2. The molecule has 26 heavy (non-hydrogen) atoms. The number of methoxy groups -OCH3 is 1. The van der Waals surface area contributed by atoms with Gasteiger partial charge in [-0.1, -0.05) is 54.6 Å². The lowest BCUT2D eigenvalue weighted by Crippen LogP contribution is -2.23. The van der Waals surface area contributed by atoms with Crippen LogP contribution in [0.5, 0.6) is 11.5 Å². The summed E-state index contributed by atoms with van der Waals surface area (Å²) < 4.78 is 11.4. The molecule has 3 nitrogen and oxygen atoms in total. The normalized spacial score (nSPS) is 17.5. The van der Waals surface area contributed by atoms with Gasteiger partial charge in [0.1, 0.15) is 11.5 Å². The largest absolute Gasteiger partial charge is 0.497 e. The topological polar surface area (TPSA) is 35.5 Å². The van der Waals surface area contributed by atoms with Gasteiger partial charge in [0.2, 0.25) is 0 Å². The highest BCUT2D eigenvalue weighted by molar-refractivity contribution is 6.14. The molecule has 1 aliphatic rings. The molecule has 3 aromatic carbocycles. The Morgan fingerprint density at radius 2 is 1.58 bits per heavy atom. The van der Waals surface area contributed by atoms with E-state index in [-0.39, 0.29) is 5.78 Å². The number of ketones is 1. The predicted octanol–water partition coefficient (Wildman–Crippen LogP) is 5.10. The van der Waals surface area contributed by atoms with Crippen LogP contribution < -0.4 is 9.47 Å². The minimum atomic E-state index is -0.430. The number of Topliss-reactive ketones (excluding diaryl/α,β-unsaturated/α-hetero) is 1. The Kier molecular flexibility index (Phi) is 4.28. The van der Waals surface area contributed by atoms with Crippen molar-refractivity contribution in [2.75, 3.05) is 7.11 Å². The van der Waals surface area contributed by atoms with Crippen LogP contribution in [-0.4, -0.2) is 12.9 Å². The second-order valence-electron chi connectivity index (χ2n) is 6.11. The van der Waals surface area contributed by atoms with Gasteiger partial charge < -0.3 is 9.47 Å².